The minimum absolute atomic E-state index is 0.0483. The molecule has 1 fully saturated rings. The Bertz CT molecular complexity index is 978. The maximum atomic E-state index is 12.7. The van der Waals surface area contributed by atoms with Crippen LogP contribution in [-0.2, 0) is 17.8 Å². The van der Waals surface area contributed by atoms with Gasteiger partial charge >= 0.3 is 0 Å². The molecular weight excluding hydrogens is 408 g/mol. The first-order valence-electron chi connectivity index (χ1n) is 11.0. The Morgan fingerprint density at radius 3 is 2.72 bits per heavy atom. The molecule has 32 heavy (non-hydrogen) atoms. The van der Waals surface area contributed by atoms with Crippen LogP contribution in [0.15, 0.2) is 36.7 Å². The van der Waals surface area contributed by atoms with Crippen LogP contribution in [0.25, 0.3) is 0 Å². The Morgan fingerprint density at radius 1 is 1.22 bits per heavy atom. The monoisotopic (exact) mass is 438 g/mol. The summed E-state index contributed by atoms with van der Waals surface area (Å²) >= 11 is 0. The number of carbonyl (C=O) groups is 2. The average Bonchev–Trinajstić information content (AvgIpc) is 2.75. The van der Waals surface area contributed by atoms with Crippen LogP contribution < -0.4 is 10.6 Å². The molecule has 170 valence electrons. The molecule has 0 bridgehead atoms. The van der Waals surface area contributed by atoms with Crippen molar-refractivity contribution in [1.82, 2.24) is 25.1 Å². The highest BCUT2D eigenvalue weighted by Crippen LogP contribution is 2.19. The zero-order chi connectivity index (χ0) is 22.7. The Labute approximate surface area is 187 Å². The van der Waals surface area contributed by atoms with Crippen LogP contribution >= 0.6 is 0 Å². The van der Waals surface area contributed by atoms with Crippen LogP contribution in [-0.4, -0.2) is 81.1 Å². The van der Waals surface area contributed by atoms with Gasteiger partial charge in [0.1, 0.15) is 17.8 Å². The zero-order valence-electron chi connectivity index (χ0n) is 18.5. The van der Waals surface area contributed by atoms with Gasteiger partial charge in [-0.25, -0.2) is 9.97 Å². The topological polar surface area (TPSA) is 111 Å². The Balaban J connectivity index is 1.27. The summed E-state index contributed by atoms with van der Waals surface area (Å²) in [5.74, 6) is 0.232. The number of nitrogens with zero attached hydrogens (tertiary/aromatic N) is 4. The molecule has 0 spiro atoms. The van der Waals surface area contributed by atoms with E-state index >= 15 is 0 Å². The number of fused-ring (bicyclic) bond motifs is 1. The van der Waals surface area contributed by atoms with Gasteiger partial charge < -0.3 is 20.6 Å². The average molecular weight is 439 g/mol. The van der Waals surface area contributed by atoms with Crippen molar-refractivity contribution in [2.45, 2.75) is 45.0 Å². The molecule has 3 N–H and O–H groups in total. The quantitative estimate of drug-likeness (QED) is 0.582. The third kappa shape index (κ3) is 5.23. The van der Waals surface area contributed by atoms with Gasteiger partial charge in [-0.2, -0.15) is 0 Å². The Hall–Kier alpha value is -3.04. The van der Waals surface area contributed by atoms with E-state index in [-0.39, 0.29) is 23.6 Å². The molecule has 9 heteroatoms. The summed E-state index contributed by atoms with van der Waals surface area (Å²) in [7, 11) is 0. The number of amides is 2. The lowest BCUT2D eigenvalue weighted by Crippen LogP contribution is -2.56. The van der Waals surface area contributed by atoms with Crippen molar-refractivity contribution < 1.29 is 14.7 Å². The zero-order valence-corrected chi connectivity index (χ0v) is 18.5. The molecule has 0 radical (unpaired) electrons. The third-order valence-corrected chi connectivity index (χ3v) is 6.17. The second-order valence-electron chi connectivity index (χ2n) is 8.64. The molecule has 3 heterocycles. The van der Waals surface area contributed by atoms with Crippen LogP contribution in [0.4, 0.5) is 5.82 Å². The fraction of sp³-hybridized carbons (Fsp3) is 0.478. The first-order chi connectivity index (χ1) is 15.4. The summed E-state index contributed by atoms with van der Waals surface area (Å²) < 4.78 is 0. The fourth-order valence-electron chi connectivity index (χ4n) is 4.11. The summed E-state index contributed by atoms with van der Waals surface area (Å²) in [5.41, 5.74) is 2.89. The number of likely N-dealkylation sites (tertiary alicyclic amines) is 1. The van der Waals surface area contributed by atoms with Crippen LogP contribution in [0.1, 0.15) is 35.5 Å². The third-order valence-electron chi connectivity index (χ3n) is 6.17. The van der Waals surface area contributed by atoms with E-state index in [2.05, 4.69) is 43.7 Å². The van der Waals surface area contributed by atoms with Crippen LogP contribution in [0, 0.1) is 0 Å². The number of anilines is 1. The molecule has 4 rings (SSSR count). The molecule has 2 aliphatic heterocycles. The van der Waals surface area contributed by atoms with Gasteiger partial charge in [0.25, 0.3) is 5.91 Å². The number of benzene rings is 1. The molecule has 9 nitrogen and oxygen atoms in total. The second kappa shape index (κ2) is 9.62. The van der Waals surface area contributed by atoms with Gasteiger partial charge in [-0.3, -0.25) is 14.5 Å². The predicted molar refractivity (Wildman–Crippen MR) is 120 cm³/mol. The van der Waals surface area contributed by atoms with Crippen molar-refractivity contribution in [3.8, 4) is 0 Å². The fourth-order valence-corrected chi connectivity index (χ4v) is 4.11. The van der Waals surface area contributed by atoms with E-state index < -0.39 is 12.1 Å². The van der Waals surface area contributed by atoms with Crippen molar-refractivity contribution in [2.75, 3.05) is 31.5 Å². The first kappa shape index (κ1) is 22.2. The van der Waals surface area contributed by atoms with Crippen LogP contribution in [0.3, 0.4) is 0 Å². The van der Waals surface area contributed by atoms with Crippen molar-refractivity contribution in [3.63, 3.8) is 0 Å². The molecule has 0 saturated carbocycles. The van der Waals surface area contributed by atoms with Gasteiger partial charge in [0.15, 0.2) is 0 Å². The number of aliphatic hydroxyl groups is 1. The molecule has 2 aliphatic rings. The summed E-state index contributed by atoms with van der Waals surface area (Å²) in [6.07, 6.45) is 1.60. The number of hydrogen-bond acceptors (Lipinski definition) is 7. The number of aliphatic hydroxyl groups excluding tert-OH is 1. The Morgan fingerprint density at radius 2 is 1.97 bits per heavy atom. The van der Waals surface area contributed by atoms with E-state index in [0.29, 0.717) is 25.5 Å². The molecule has 1 aromatic heterocycles. The first-order valence-corrected chi connectivity index (χ1v) is 11.0. The van der Waals surface area contributed by atoms with E-state index in [9.17, 15) is 14.7 Å². The van der Waals surface area contributed by atoms with E-state index in [1.807, 2.05) is 6.07 Å². The van der Waals surface area contributed by atoms with Crippen LogP contribution in [0.2, 0.25) is 0 Å². The summed E-state index contributed by atoms with van der Waals surface area (Å²) in [5, 5.41) is 16.7. The molecule has 2 amide bonds. The number of rotatable bonds is 7. The maximum Gasteiger partial charge on any atom is 0.270 e. The number of carbonyl (C=O) groups excluding carboxylic acids is 2. The highest BCUT2D eigenvalue weighted by Gasteiger charge is 2.29. The van der Waals surface area contributed by atoms with Crippen LogP contribution in [0.5, 0.6) is 0 Å². The summed E-state index contributed by atoms with van der Waals surface area (Å²) in [6, 6.07) is 9.65. The van der Waals surface area contributed by atoms with Crippen molar-refractivity contribution in [1.29, 1.82) is 0 Å². The SMILES string of the molecule is CC(=O)N1CC(Nc2cc(C(=O)NC(C)C(O)CN3CCc4ccccc4C3)ncn2)C1. The largest absolute Gasteiger partial charge is 0.390 e. The number of aromatic nitrogens is 2. The van der Waals surface area contributed by atoms with E-state index in [4.69, 9.17) is 0 Å². The van der Waals surface area contributed by atoms with Gasteiger partial charge in [0.05, 0.1) is 18.2 Å². The molecule has 2 atom stereocenters. The summed E-state index contributed by atoms with van der Waals surface area (Å²) in [4.78, 5) is 36.1. The standard InChI is InChI=1S/C23H30N6O3/c1-15(21(31)13-28-8-7-17-5-3-4-6-18(17)10-28)26-23(32)20-9-22(25-14-24-20)27-19-11-29(12-19)16(2)30/h3-6,9,14-15,19,21,31H,7-8,10-13H2,1-2H3,(H,26,32)(H,24,25,27). The minimum atomic E-state index is -0.698. The van der Waals surface area contributed by atoms with Crippen molar-refractivity contribution in [3.05, 3.63) is 53.5 Å². The molecule has 1 aromatic carbocycles. The van der Waals surface area contributed by atoms with Gasteiger partial charge in [-0.1, -0.05) is 24.3 Å². The lowest BCUT2D eigenvalue weighted by molar-refractivity contribution is -0.132. The predicted octanol–water partition coefficient (Wildman–Crippen LogP) is 0.657. The van der Waals surface area contributed by atoms with E-state index in [1.54, 1.807) is 24.8 Å². The summed E-state index contributed by atoms with van der Waals surface area (Å²) in [6.45, 7) is 6.75. The van der Waals surface area contributed by atoms with Crippen molar-refractivity contribution >= 4 is 17.6 Å². The molecular formula is C23H30N6O3. The van der Waals surface area contributed by atoms with Gasteiger partial charge in [-0.15, -0.1) is 0 Å². The number of hydrogen-bond donors (Lipinski definition) is 3. The van der Waals surface area contributed by atoms with E-state index in [1.165, 1.54) is 17.5 Å². The number of β-amino-alcohol motifs (C(OH)–C–C–N with tert-alkyl or cyclic N) is 1. The van der Waals surface area contributed by atoms with E-state index in [0.717, 1.165) is 19.5 Å². The van der Waals surface area contributed by atoms with Gasteiger partial charge in [-0.05, 0) is 24.5 Å². The normalized spacial score (nSPS) is 18.3. The lowest BCUT2D eigenvalue weighted by Gasteiger charge is -2.39. The second-order valence-corrected chi connectivity index (χ2v) is 8.64. The Kier molecular flexibility index (Phi) is 6.66. The molecule has 1 saturated heterocycles. The maximum absolute atomic E-state index is 12.7. The molecule has 2 aromatic rings. The highest BCUT2D eigenvalue weighted by molar-refractivity contribution is 5.93. The smallest absolute Gasteiger partial charge is 0.270 e. The van der Waals surface area contributed by atoms with Gasteiger partial charge in [0.2, 0.25) is 5.91 Å². The highest BCUT2D eigenvalue weighted by atomic mass is 16.3. The van der Waals surface area contributed by atoms with Crippen molar-refractivity contribution in [2.24, 2.45) is 0 Å². The minimum Gasteiger partial charge on any atom is -0.390 e. The lowest BCUT2D eigenvalue weighted by atomic mass is 9.99. The number of nitrogens with one attached hydrogen (secondary N) is 2. The molecule has 0 aliphatic carbocycles. The molecule has 2 unspecified atom stereocenters. The van der Waals surface area contributed by atoms with Gasteiger partial charge in [0, 0.05) is 45.7 Å².